The molecular formula is C9H15ClN2O2. The van der Waals surface area contributed by atoms with Crippen molar-refractivity contribution in [3.05, 3.63) is 0 Å². The first-order valence-electron chi connectivity index (χ1n) is 4.79. The number of hydrogen-bond acceptors (Lipinski definition) is 2. The number of halogens is 1. The van der Waals surface area contributed by atoms with Gasteiger partial charge in [-0.15, -0.1) is 11.6 Å². The van der Waals surface area contributed by atoms with Crippen LogP contribution in [0.5, 0.6) is 0 Å². The molecule has 4 nitrogen and oxygen atoms in total. The lowest BCUT2D eigenvalue weighted by Gasteiger charge is -2.16. The third kappa shape index (κ3) is 3.18. The second-order valence-corrected chi connectivity index (χ2v) is 3.94. The van der Waals surface area contributed by atoms with Gasteiger partial charge < -0.3 is 5.32 Å². The van der Waals surface area contributed by atoms with E-state index in [1.165, 1.54) is 0 Å². The van der Waals surface area contributed by atoms with Gasteiger partial charge in [-0.25, -0.2) is 4.79 Å². The minimum absolute atomic E-state index is 0.187. The minimum atomic E-state index is -0.463. The first-order valence-corrected chi connectivity index (χ1v) is 5.33. The maximum atomic E-state index is 11.2. The van der Waals surface area contributed by atoms with Crippen molar-refractivity contribution >= 4 is 23.5 Å². The van der Waals surface area contributed by atoms with Gasteiger partial charge in [0.05, 0.1) is 0 Å². The van der Waals surface area contributed by atoms with Gasteiger partial charge in [0.2, 0.25) is 5.91 Å². The van der Waals surface area contributed by atoms with Crippen molar-refractivity contribution in [3.8, 4) is 0 Å². The average molecular weight is 219 g/mol. The molecule has 2 unspecified atom stereocenters. The fourth-order valence-electron chi connectivity index (χ4n) is 1.72. The fraction of sp³-hybridized carbons (Fsp3) is 0.778. The van der Waals surface area contributed by atoms with Crippen molar-refractivity contribution in [3.63, 3.8) is 0 Å². The van der Waals surface area contributed by atoms with Crippen LogP contribution in [-0.4, -0.2) is 23.9 Å². The van der Waals surface area contributed by atoms with E-state index in [1.54, 1.807) is 0 Å². The maximum absolute atomic E-state index is 11.2. The summed E-state index contributed by atoms with van der Waals surface area (Å²) >= 11 is 5.25. The third-order valence-corrected chi connectivity index (χ3v) is 2.80. The molecule has 3 amide bonds. The van der Waals surface area contributed by atoms with Crippen molar-refractivity contribution in [2.75, 3.05) is 5.88 Å². The van der Waals surface area contributed by atoms with Crippen LogP contribution in [0.1, 0.15) is 26.2 Å². The van der Waals surface area contributed by atoms with Crippen molar-refractivity contribution in [1.82, 2.24) is 10.6 Å². The van der Waals surface area contributed by atoms with E-state index in [0.717, 1.165) is 19.3 Å². The molecule has 1 fully saturated rings. The molecule has 2 N–H and O–H groups in total. The summed E-state index contributed by atoms with van der Waals surface area (Å²) in [5.74, 6) is -0.158. The zero-order chi connectivity index (χ0) is 10.6. The summed E-state index contributed by atoms with van der Waals surface area (Å²) < 4.78 is 0. The molecule has 1 rings (SSSR count). The zero-order valence-corrected chi connectivity index (χ0v) is 8.93. The Balaban J connectivity index is 2.29. The highest BCUT2D eigenvalue weighted by molar-refractivity contribution is 6.28. The van der Waals surface area contributed by atoms with Gasteiger partial charge in [0, 0.05) is 6.04 Å². The largest absolute Gasteiger partial charge is 0.335 e. The van der Waals surface area contributed by atoms with Gasteiger partial charge in [-0.3, -0.25) is 10.1 Å². The predicted octanol–water partition coefficient (Wildman–Crippen LogP) is 1.24. The topological polar surface area (TPSA) is 58.2 Å². The molecule has 0 aliphatic heterocycles. The minimum Gasteiger partial charge on any atom is -0.335 e. The van der Waals surface area contributed by atoms with E-state index >= 15 is 0 Å². The lowest BCUT2D eigenvalue weighted by molar-refractivity contribution is -0.117. The summed E-state index contributed by atoms with van der Waals surface area (Å²) in [5.41, 5.74) is 0. The number of alkyl halides is 1. The molecule has 0 aromatic carbocycles. The van der Waals surface area contributed by atoms with Crippen LogP contribution in [0.2, 0.25) is 0 Å². The second-order valence-electron chi connectivity index (χ2n) is 3.67. The number of carbonyl (C=O) groups excluding carboxylic acids is 2. The van der Waals surface area contributed by atoms with Crippen molar-refractivity contribution in [2.45, 2.75) is 32.2 Å². The molecule has 1 aliphatic carbocycles. The molecule has 1 saturated carbocycles. The number of urea groups is 1. The van der Waals surface area contributed by atoms with Crippen LogP contribution in [-0.2, 0) is 4.79 Å². The predicted molar refractivity (Wildman–Crippen MR) is 54.2 cm³/mol. The summed E-state index contributed by atoms with van der Waals surface area (Å²) in [5, 5.41) is 4.92. The monoisotopic (exact) mass is 218 g/mol. The molecule has 80 valence electrons. The average Bonchev–Trinajstić information content (AvgIpc) is 2.51. The molecule has 0 aromatic rings. The molecular weight excluding hydrogens is 204 g/mol. The van der Waals surface area contributed by atoms with Crippen LogP contribution in [0.15, 0.2) is 0 Å². The van der Waals surface area contributed by atoms with Crippen LogP contribution >= 0.6 is 11.6 Å². The molecule has 0 aromatic heterocycles. The molecule has 1 aliphatic rings. The van der Waals surface area contributed by atoms with Crippen LogP contribution < -0.4 is 10.6 Å². The van der Waals surface area contributed by atoms with Gasteiger partial charge in [0.1, 0.15) is 5.88 Å². The third-order valence-electron chi connectivity index (χ3n) is 2.55. The first kappa shape index (κ1) is 11.3. The molecule has 0 radical (unpaired) electrons. The van der Waals surface area contributed by atoms with Crippen LogP contribution in [0.25, 0.3) is 0 Å². The Kier molecular flexibility index (Phi) is 4.20. The van der Waals surface area contributed by atoms with E-state index in [0.29, 0.717) is 5.92 Å². The van der Waals surface area contributed by atoms with Gasteiger partial charge >= 0.3 is 6.03 Å². The SMILES string of the molecule is CC1CCCC1NC(=O)NC(=O)CCl. The second kappa shape index (κ2) is 5.20. The summed E-state index contributed by atoms with van der Waals surface area (Å²) in [7, 11) is 0. The Labute approximate surface area is 88.4 Å². The lowest BCUT2D eigenvalue weighted by Crippen LogP contribution is -2.45. The molecule has 14 heavy (non-hydrogen) atoms. The smallest absolute Gasteiger partial charge is 0.321 e. The van der Waals surface area contributed by atoms with Gasteiger partial charge in [-0.05, 0) is 18.8 Å². The van der Waals surface area contributed by atoms with Crippen molar-refractivity contribution in [2.24, 2.45) is 5.92 Å². The molecule has 0 saturated heterocycles. The quantitative estimate of drug-likeness (QED) is 0.686. The first-order chi connectivity index (χ1) is 6.63. The number of imide groups is 1. The zero-order valence-electron chi connectivity index (χ0n) is 8.18. The summed E-state index contributed by atoms with van der Waals surface area (Å²) in [6.07, 6.45) is 3.26. The van der Waals surface area contributed by atoms with Gasteiger partial charge in [-0.2, -0.15) is 0 Å². The Hall–Kier alpha value is -0.770. The van der Waals surface area contributed by atoms with E-state index in [-0.39, 0.29) is 11.9 Å². The summed E-state index contributed by atoms with van der Waals surface area (Å²) in [6, 6.07) is -0.243. The van der Waals surface area contributed by atoms with Crippen LogP contribution in [0.3, 0.4) is 0 Å². The van der Waals surface area contributed by atoms with Gasteiger partial charge in [0.15, 0.2) is 0 Å². The van der Waals surface area contributed by atoms with Crippen molar-refractivity contribution < 1.29 is 9.59 Å². The molecule has 0 heterocycles. The van der Waals surface area contributed by atoms with Gasteiger partial charge in [-0.1, -0.05) is 13.3 Å². The Morgan fingerprint density at radius 3 is 2.64 bits per heavy atom. The highest BCUT2D eigenvalue weighted by Crippen LogP contribution is 2.24. The molecule has 0 bridgehead atoms. The lowest BCUT2D eigenvalue weighted by atomic mass is 10.1. The Bertz CT molecular complexity index is 233. The summed E-state index contributed by atoms with van der Waals surface area (Å²) in [4.78, 5) is 22.0. The van der Waals surface area contributed by atoms with Crippen LogP contribution in [0, 0.1) is 5.92 Å². The van der Waals surface area contributed by atoms with E-state index in [9.17, 15) is 9.59 Å². The number of amides is 3. The number of hydrogen-bond donors (Lipinski definition) is 2. The van der Waals surface area contributed by atoms with E-state index in [2.05, 4.69) is 17.6 Å². The van der Waals surface area contributed by atoms with E-state index in [1.807, 2.05) is 0 Å². The van der Waals surface area contributed by atoms with Crippen LogP contribution in [0.4, 0.5) is 4.79 Å². The molecule has 2 atom stereocenters. The van der Waals surface area contributed by atoms with E-state index in [4.69, 9.17) is 11.6 Å². The Morgan fingerprint density at radius 1 is 1.43 bits per heavy atom. The molecule has 5 heteroatoms. The molecule has 0 spiro atoms. The highest BCUT2D eigenvalue weighted by Gasteiger charge is 2.24. The number of carbonyl (C=O) groups is 2. The van der Waals surface area contributed by atoms with Gasteiger partial charge in [0.25, 0.3) is 0 Å². The number of rotatable bonds is 2. The number of nitrogens with one attached hydrogen (secondary N) is 2. The summed E-state index contributed by atoms with van der Waals surface area (Å²) in [6.45, 7) is 2.10. The maximum Gasteiger partial charge on any atom is 0.321 e. The van der Waals surface area contributed by atoms with E-state index < -0.39 is 11.9 Å². The highest BCUT2D eigenvalue weighted by atomic mass is 35.5. The normalized spacial score (nSPS) is 25.9. The Morgan fingerprint density at radius 2 is 2.14 bits per heavy atom. The standard InChI is InChI=1S/C9H15ClN2O2/c1-6-3-2-4-7(6)11-9(14)12-8(13)5-10/h6-7H,2-5H2,1H3,(H2,11,12,13,14). The fourth-order valence-corrected chi connectivity index (χ4v) is 1.79. The van der Waals surface area contributed by atoms with Crippen molar-refractivity contribution in [1.29, 1.82) is 0 Å².